The maximum atomic E-state index is 9.34. The molecule has 1 heterocycles. The van der Waals surface area contributed by atoms with Crippen molar-refractivity contribution in [2.24, 2.45) is 0 Å². The van der Waals surface area contributed by atoms with Crippen LogP contribution in [0.4, 0.5) is 0 Å². The third-order valence-corrected chi connectivity index (χ3v) is 2.25. The molecule has 0 aliphatic heterocycles. The standard InChI is InChI=1S/C11H12N2O4/c14-5-1-2-10-12-11(13-17-10)7-3-4-8(15)9(16)6-7/h3-4,6,14-16H,1-2,5H2. The third-order valence-electron chi connectivity index (χ3n) is 2.25. The highest BCUT2D eigenvalue weighted by atomic mass is 16.5. The Labute approximate surface area is 97.2 Å². The van der Waals surface area contributed by atoms with E-state index in [2.05, 4.69) is 10.1 Å². The molecule has 3 N–H and O–H groups in total. The van der Waals surface area contributed by atoms with Gasteiger partial charge in [0, 0.05) is 18.6 Å². The second-order valence-electron chi connectivity index (χ2n) is 3.54. The Bertz CT molecular complexity index is 510. The van der Waals surface area contributed by atoms with Crippen LogP contribution in [0.15, 0.2) is 22.7 Å². The van der Waals surface area contributed by atoms with E-state index < -0.39 is 0 Å². The van der Waals surface area contributed by atoms with E-state index in [1.807, 2.05) is 0 Å². The van der Waals surface area contributed by atoms with Gasteiger partial charge in [0.1, 0.15) is 0 Å². The van der Waals surface area contributed by atoms with Crippen LogP contribution in [-0.2, 0) is 6.42 Å². The van der Waals surface area contributed by atoms with Gasteiger partial charge in [0.25, 0.3) is 0 Å². The number of hydrogen-bond acceptors (Lipinski definition) is 6. The van der Waals surface area contributed by atoms with Gasteiger partial charge in [0.15, 0.2) is 11.5 Å². The van der Waals surface area contributed by atoms with E-state index in [0.29, 0.717) is 30.1 Å². The van der Waals surface area contributed by atoms with Crippen molar-refractivity contribution in [2.75, 3.05) is 6.61 Å². The third kappa shape index (κ3) is 2.54. The summed E-state index contributed by atoms with van der Waals surface area (Å²) in [5, 5.41) is 30.9. The minimum absolute atomic E-state index is 0.0672. The molecule has 0 spiro atoms. The first-order valence-corrected chi connectivity index (χ1v) is 5.16. The van der Waals surface area contributed by atoms with Gasteiger partial charge in [-0.2, -0.15) is 4.98 Å². The van der Waals surface area contributed by atoms with Crippen LogP contribution < -0.4 is 0 Å². The van der Waals surface area contributed by atoms with E-state index in [9.17, 15) is 5.11 Å². The average Bonchev–Trinajstić information content (AvgIpc) is 2.79. The van der Waals surface area contributed by atoms with Crippen LogP contribution in [0, 0.1) is 0 Å². The molecule has 0 radical (unpaired) electrons. The van der Waals surface area contributed by atoms with Gasteiger partial charge in [-0.3, -0.25) is 0 Å². The second-order valence-corrected chi connectivity index (χ2v) is 3.54. The molecule has 90 valence electrons. The van der Waals surface area contributed by atoms with Gasteiger partial charge in [-0.1, -0.05) is 5.16 Å². The zero-order chi connectivity index (χ0) is 12.3. The van der Waals surface area contributed by atoms with Crippen LogP contribution in [0.3, 0.4) is 0 Å². The van der Waals surface area contributed by atoms with Crippen LogP contribution in [-0.4, -0.2) is 32.1 Å². The van der Waals surface area contributed by atoms with Gasteiger partial charge in [0.05, 0.1) is 0 Å². The summed E-state index contributed by atoms with van der Waals surface area (Å²) < 4.78 is 4.97. The van der Waals surface area contributed by atoms with E-state index in [-0.39, 0.29) is 18.1 Å². The fourth-order valence-electron chi connectivity index (χ4n) is 1.37. The number of aliphatic hydroxyl groups is 1. The van der Waals surface area contributed by atoms with Gasteiger partial charge in [-0.15, -0.1) is 0 Å². The lowest BCUT2D eigenvalue weighted by atomic mass is 10.2. The van der Waals surface area contributed by atoms with Crippen molar-refractivity contribution in [1.82, 2.24) is 10.1 Å². The average molecular weight is 236 g/mol. The highest BCUT2D eigenvalue weighted by Gasteiger charge is 2.10. The first kappa shape index (κ1) is 11.4. The van der Waals surface area contributed by atoms with Crippen molar-refractivity contribution < 1.29 is 19.8 Å². The molecule has 6 nitrogen and oxygen atoms in total. The van der Waals surface area contributed by atoms with Crippen molar-refractivity contribution in [3.8, 4) is 22.9 Å². The molecule has 6 heteroatoms. The van der Waals surface area contributed by atoms with E-state index in [1.165, 1.54) is 12.1 Å². The van der Waals surface area contributed by atoms with Gasteiger partial charge in [0.2, 0.25) is 11.7 Å². The first-order chi connectivity index (χ1) is 8.20. The molecule has 0 aliphatic rings. The molecule has 0 saturated carbocycles. The minimum Gasteiger partial charge on any atom is -0.504 e. The van der Waals surface area contributed by atoms with Gasteiger partial charge in [-0.25, -0.2) is 0 Å². The molecule has 17 heavy (non-hydrogen) atoms. The van der Waals surface area contributed by atoms with Crippen molar-refractivity contribution in [2.45, 2.75) is 12.8 Å². The lowest BCUT2D eigenvalue weighted by Gasteiger charge is -1.98. The molecule has 2 aromatic rings. The van der Waals surface area contributed by atoms with Crippen LogP contribution in [0.1, 0.15) is 12.3 Å². The Morgan fingerprint density at radius 1 is 1.18 bits per heavy atom. The molecule has 0 fully saturated rings. The summed E-state index contributed by atoms with van der Waals surface area (Å²) in [5.41, 5.74) is 0.555. The Balaban J connectivity index is 2.21. The normalized spacial score (nSPS) is 10.6. The molecule has 0 saturated heterocycles. The van der Waals surface area contributed by atoms with Crippen LogP contribution in [0.2, 0.25) is 0 Å². The van der Waals surface area contributed by atoms with Gasteiger partial charge >= 0.3 is 0 Å². The predicted octanol–water partition coefficient (Wildman–Crippen LogP) is 1.07. The van der Waals surface area contributed by atoms with Crippen molar-refractivity contribution in [3.05, 3.63) is 24.1 Å². The number of aromatic hydroxyl groups is 2. The van der Waals surface area contributed by atoms with Crippen LogP contribution in [0.5, 0.6) is 11.5 Å². The number of aromatic nitrogens is 2. The zero-order valence-corrected chi connectivity index (χ0v) is 9.00. The Morgan fingerprint density at radius 3 is 2.71 bits per heavy atom. The number of phenolic OH excluding ortho intramolecular Hbond substituents is 2. The largest absolute Gasteiger partial charge is 0.504 e. The Hall–Kier alpha value is -2.08. The Morgan fingerprint density at radius 2 is 2.00 bits per heavy atom. The molecule has 0 bridgehead atoms. The van der Waals surface area contributed by atoms with Crippen molar-refractivity contribution in [3.63, 3.8) is 0 Å². The highest BCUT2D eigenvalue weighted by Crippen LogP contribution is 2.29. The molecule has 0 atom stereocenters. The summed E-state index contributed by atoms with van der Waals surface area (Å²) in [6.45, 7) is 0.0672. The molecule has 1 aromatic heterocycles. The number of aliphatic hydroxyl groups excluding tert-OH is 1. The summed E-state index contributed by atoms with van der Waals surface area (Å²) >= 11 is 0. The molecular formula is C11H12N2O4. The summed E-state index contributed by atoms with van der Waals surface area (Å²) in [6, 6.07) is 4.29. The topological polar surface area (TPSA) is 99.6 Å². The van der Waals surface area contributed by atoms with Gasteiger partial charge in [-0.05, 0) is 24.6 Å². The summed E-state index contributed by atoms with van der Waals surface area (Å²) in [7, 11) is 0. The fraction of sp³-hybridized carbons (Fsp3) is 0.273. The maximum Gasteiger partial charge on any atom is 0.227 e. The summed E-state index contributed by atoms with van der Waals surface area (Å²) in [6.07, 6.45) is 1.07. The number of rotatable bonds is 4. The SMILES string of the molecule is OCCCc1nc(-c2ccc(O)c(O)c2)no1. The number of hydrogen-bond donors (Lipinski definition) is 3. The van der Waals surface area contributed by atoms with Crippen molar-refractivity contribution in [1.29, 1.82) is 0 Å². The van der Waals surface area contributed by atoms with E-state index >= 15 is 0 Å². The van der Waals surface area contributed by atoms with Crippen molar-refractivity contribution >= 4 is 0 Å². The second kappa shape index (κ2) is 4.84. The first-order valence-electron chi connectivity index (χ1n) is 5.16. The van der Waals surface area contributed by atoms with Crippen LogP contribution in [0.25, 0.3) is 11.4 Å². The number of aryl methyl sites for hydroxylation is 1. The lowest BCUT2D eigenvalue weighted by molar-refractivity contribution is 0.278. The number of nitrogens with zero attached hydrogens (tertiary/aromatic N) is 2. The quantitative estimate of drug-likeness (QED) is 0.687. The minimum atomic E-state index is -0.232. The molecule has 0 amide bonds. The lowest BCUT2D eigenvalue weighted by Crippen LogP contribution is -1.89. The number of phenols is 2. The molecule has 2 rings (SSSR count). The van der Waals surface area contributed by atoms with E-state index in [1.54, 1.807) is 6.07 Å². The van der Waals surface area contributed by atoms with E-state index in [0.717, 1.165) is 0 Å². The van der Waals surface area contributed by atoms with Gasteiger partial charge < -0.3 is 19.8 Å². The summed E-state index contributed by atoms with van der Waals surface area (Å²) in [4.78, 5) is 4.11. The molecule has 1 aromatic carbocycles. The molecule has 0 unspecified atom stereocenters. The number of benzene rings is 1. The Kier molecular flexibility index (Phi) is 3.24. The maximum absolute atomic E-state index is 9.34. The fourth-order valence-corrected chi connectivity index (χ4v) is 1.37. The predicted molar refractivity (Wildman–Crippen MR) is 58.5 cm³/mol. The monoisotopic (exact) mass is 236 g/mol. The van der Waals surface area contributed by atoms with E-state index in [4.69, 9.17) is 14.7 Å². The van der Waals surface area contributed by atoms with Crippen LogP contribution >= 0.6 is 0 Å². The molecular weight excluding hydrogens is 224 g/mol. The smallest absolute Gasteiger partial charge is 0.227 e. The summed E-state index contributed by atoms with van der Waals surface area (Å²) in [5.74, 6) is 0.344. The highest BCUT2D eigenvalue weighted by molar-refractivity contribution is 5.59. The molecule has 0 aliphatic carbocycles. The zero-order valence-electron chi connectivity index (χ0n) is 9.00.